The molecule has 0 radical (unpaired) electrons. The van der Waals surface area contributed by atoms with Gasteiger partial charge in [-0.15, -0.1) is 0 Å². The van der Waals surface area contributed by atoms with Crippen molar-refractivity contribution in [1.29, 1.82) is 0 Å². The fraction of sp³-hybridized carbons (Fsp3) is 0.0952. The molecule has 5 aromatic rings. The number of H-pyrrole nitrogens is 2. The molecule has 0 aliphatic rings. The van der Waals surface area contributed by atoms with Gasteiger partial charge in [0.2, 0.25) is 0 Å². The number of amides is 1. The molecule has 1 amide bonds. The van der Waals surface area contributed by atoms with Crippen molar-refractivity contribution < 1.29 is 4.79 Å². The van der Waals surface area contributed by atoms with Crippen LogP contribution < -0.4 is 10.6 Å². The van der Waals surface area contributed by atoms with Crippen LogP contribution in [0, 0.1) is 0 Å². The molecule has 0 bridgehead atoms. The summed E-state index contributed by atoms with van der Waals surface area (Å²) in [5.74, 6) is -0.125. The van der Waals surface area contributed by atoms with E-state index in [0.29, 0.717) is 12.1 Å². The minimum Gasteiger partial charge on any atom is -0.365 e. The molecule has 3 heterocycles. The lowest BCUT2D eigenvalue weighted by molar-refractivity contribution is 0.0952. The summed E-state index contributed by atoms with van der Waals surface area (Å²) in [5.41, 5.74) is 5.54. The fourth-order valence-corrected chi connectivity index (χ4v) is 4.21. The number of nitrogens with zero attached hydrogens (tertiary/aromatic N) is 2. The Morgan fingerprint density at radius 2 is 2.00 bits per heavy atom. The molecule has 0 saturated carbocycles. The number of anilines is 1. The number of hydrogen-bond donors (Lipinski definition) is 4. The van der Waals surface area contributed by atoms with Crippen LogP contribution in [0.2, 0.25) is 0 Å². The molecule has 29 heavy (non-hydrogen) atoms. The smallest absolute Gasteiger partial charge is 0.253 e. The van der Waals surface area contributed by atoms with E-state index in [1.54, 1.807) is 23.7 Å². The number of carbonyl (C=O) groups excluding carboxylic acids is 1. The maximum Gasteiger partial charge on any atom is 0.253 e. The highest BCUT2D eigenvalue weighted by Crippen LogP contribution is 2.32. The lowest BCUT2D eigenvalue weighted by atomic mass is 10.0. The van der Waals surface area contributed by atoms with E-state index in [2.05, 4.69) is 55.1 Å². The summed E-state index contributed by atoms with van der Waals surface area (Å²) >= 11 is 1.62. The first-order valence-electron chi connectivity index (χ1n) is 9.17. The van der Waals surface area contributed by atoms with Gasteiger partial charge in [-0.05, 0) is 41.5 Å². The number of carbonyl (C=O) groups is 1. The van der Waals surface area contributed by atoms with Crippen molar-refractivity contribution in [1.82, 2.24) is 25.5 Å². The average Bonchev–Trinajstić information content (AvgIpc) is 3.49. The number of thiazole rings is 1. The Bertz CT molecular complexity index is 1320. The summed E-state index contributed by atoms with van der Waals surface area (Å²) in [5, 5.41) is 14.6. The predicted molar refractivity (Wildman–Crippen MR) is 116 cm³/mol. The number of fused-ring (bicyclic) bond motifs is 2. The molecule has 0 atom stereocenters. The van der Waals surface area contributed by atoms with E-state index in [1.165, 1.54) is 0 Å². The summed E-state index contributed by atoms with van der Waals surface area (Å²) < 4.78 is 1.12. The third kappa shape index (κ3) is 3.23. The maximum absolute atomic E-state index is 12.7. The van der Waals surface area contributed by atoms with E-state index in [4.69, 9.17) is 0 Å². The van der Waals surface area contributed by atoms with Crippen LogP contribution in [0.5, 0.6) is 0 Å². The van der Waals surface area contributed by atoms with Gasteiger partial charge in [-0.1, -0.05) is 23.5 Å². The molecule has 0 fully saturated rings. The van der Waals surface area contributed by atoms with E-state index in [-0.39, 0.29) is 5.91 Å². The van der Waals surface area contributed by atoms with E-state index in [1.807, 2.05) is 25.2 Å². The number of aromatic amines is 2. The summed E-state index contributed by atoms with van der Waals surface area (Å²) in [4.78, 5) is 20.4. The normalized spacial score (nSPS) is 11.2. The molecule has 7 nitrogen and oxygen atoms in total. The van der Waals surface area contributed by atoms with Gasteiger partial charge in [-0.25, -0.2) is 4.98 Å². The van der Waals surface area contributed by atoms with Gasteiger partial charge < -0.3 is 15.6 Å². The monoisotopic (exact) mass is 402 g/mol. The lowest BCUT2D eigenvalue weighted by Gasteiger charge is -2.05. The summed E-state index contributed by atoms with van der Waals surface area (Å²) in [6, 6.07) is 14.2. The van der Waals surface area contributed by atoms with Crippen molar-refractivity contribution in [2.24, 2.45) is 0 Å². The molecule has 5 rings (SSSR count). The van der Waals surface area contributed by atoms with Crippen LogP contribution >= 0.6 is 11.3 Å². The zero-order valence-electron chi connectivity index (χ0n) is 15.6. The zero-order chi connectivity index (χ0) is 19.8. The second kappa shape index (κ2) is 7.06. The van der Waals surface area contributed by atoms with Crippen molar-refractivity contribution >= 4 is 43.5 Å². The third-order valence-electron chi connectivity index (χ3n) is 4.86. The van der Waals surface area contributed by atoms with Crippen LogP contribution in [0.1, 0.15) is 16.1 Å². The van der Waals surface area contributed by atoms with Crippen molar-refractivity contribution in [3.05, 3.63) is 66.1 Å². The Morgan fingerprint density at radius 1 is 1.14 bits per heavy atom. The van der Waals surface area contributed by atoms with E-state index >= 15 is 0 Å². The molecular weight excluding hydrogens is 384 g/mol. The van der Waals surface area contributed by atoms with Gasteiger partial charge in [0, 0.05) is 30.3 Å². The number of rotatable bonds is 5. The summed E-state index contributed by atoms with van der Waals surface area (Å²) in [6.07, 6.45) is 3.42. The summed E-state index contributed by atoms with van der Waals surface area (Å²) in [6.45, 7) is 0.404. The SMILES string of the molecule is CNc1nc2ccc(-c3ccc4[nH]cc(C(=O)NCc5ccn[nH]5)c4c3)cc2s1. The topological polar surface area (TPSA) is 98.5 Å². The minimum absolute atomic E-state index is 0.125. The highest BCUT2D eigenvalue weighted by Gasteiger charge is 2.13. The van der Waals surface area contributed by atoms with Gasteiger partial charge >= 0.3 is 0 Å². The molecule has 144 valence electrons. The molecule has 0 aliphatic heterocycles. The van der Waals surface area contributed by atoms with Crippen LogP contribution in [-0.2, 0) is 6.54 Å². The van der Waals surface area contributed by atoms with Crippen molar-refractivity contribution in [2.75, 3.05) is 12.4 Å². The highest BCUT2D eigenvalue weighted by atomic mass is 32.1. The van der Waals surface area contributed by atoms with Gasteiger partial charge in [0.05, 0.1) is 28.0 Å². The Balaban J connectivity index is 1.48. The predicted octanol–water partition coefficient (Wildman–Crippen LogP) is 4.14. The minimum atomic E-state index is -0.125. The van der Waals surface area contributed by atoms with Crippen LogP contribution in [0.15, 0.2) is 54.9 Å². The molecular formula is C21H18N6OS. The lowest BCUT2D eigenvalue weighted by Crippen LogP contribution is -2.22. The van der Waals surface area contributed by atoms with Crippen LogP contribution in [0.4, 0.5) is 5.13 Å². The number of hydrogen-bond acceptors (Lipinski definition) is 5. The summed E-state index contributed by atoms with van der Waals surface area (Å²) in [7, 11) is 1.87. The molecule has 0 saturated heterocycles. The van der Waals surface area contributed by atoms with Crippen LogP contribution in [0.3, 0.4) is 0 Å². The molecule has 2 aromatic carbocycles. The van der Waals surface area contributed by atoms with Crippen molar-refractivity contribution in [3.8, 4) is 11.1 Å². The van der Waals surface area contributed by atoms with Gasteiger partial charge in [0.1, 0.15) is 0 Å². The van der Waals surface area contributed by atoms with Crippen molar-refractivity contribution in [2.45, 2.75) is 6.54 Å². The quantitative estimate of drug-likeness (QED) is 0.355. The van der Waals surface area contributed by atoms with Crippen molar-refractivity contribution in [3.63, 3.8) is 0 Å². The molecule has 0 spiro atoms. The zero-order valence-corrected chi connectivity index (χ0v) is 16.4. The van der Waals surface area contributed by atoms with E-state index in [9.17, 15) is 4.79 Å². The van der Waals surface area contributed by atoms with Crippen LogP contribution in [-0.4, -0.2) is 33.1 Å². The number of aromatic nitrogens is 4. The van der Waals surface area contributed by atoms with Gasteiger partial charge in [0.25, 0.3) is 5.91 Å². The first-order chi connectivity index (χ1) is 14.2. The van der Waals surface area contributed by atoms with Gasteiger partial charge in [0.15, 0.2) is 5.13 Å². The molecule has 0 unspecified atom stereocenters. The molecule has 0 aliphatic carbocycles. The Morgan fingerprint density at radius 3 is 2.83 bits per heavy atom. The molecule has 4 N–H and O–H groups in total. The number of benzene rings is 2. The highest BCUT2D eigenvalue weighted by molar-refractivity contribution is 7.22. The average molecular weight is 402 g/mol. The standard InChI is InChI=1S/C21H18N6OS/c1-22-21-26-18-5-3-13(9-19(18)29-21)12-2-4-17-15(8-12)16(11-23-17)20(28)24-10-14-6-7-25-27-14/h2-9,11,23H,10H2,1H3,(H,22,26)(H,24,28)(H,25,27). The fourth-order valence-electron chi connectivity index (χ4n) is 3.35. The van der Waals surface area contributed by atoms with E-state index < -0.39 is 0 Å². The van der Waals surface area contributed by atoms with Gasteiger partial charge in [-0.3, -0.25) is 9.89 Å². The Labute approximate surface area is 170 Å². The second-order valence-electron chi connectivity index (χ2n) is 6.68. The second-order valence-corrected chi connectivity index (χ2v) is 7.71. The Kier molecular flexibility index (Phi) is 4.25. The first kappa shape index (κ1) is 17.4. The van der Waals surface area contributed by atoms with E-state index in [0.717, 1.165) is 43.1 Å². The molecule has 3 aromatic heterocycles. The first-order valence-corrected chi connectivity index (χ1v) is 9.99. The number of nitrogens with one attached hydrogen (secondary N) is 4. The maximum atomic E-state index is 12.7. The van der Waals surface area contributed by atoms with Gasteiger partial charge in [-0.2, -0.15) is 5.10 Å². The molecule has 8 heteroatoms. The third-order valence-corrected chi connectivity index (χ3v) is 5.90. The Hall–Kier alpha value is -3.65. The van der Waals surface area contributed by atoms with Crippen LogP contribution in [0.25, 0.3) is 32.2 Å². The largest absolute Gasteiger partial charge is 0.365 e.